The van der Waals surface area contributed by atoms with Gasteiger partial charge in [-0.2, -0.15) is 8.78 Å². The molecule has 0 N–H and O–H groups in total. The van der Waals surface area contributed by atoms with Gasteiger partial charge in [0.2, 0.25) is 0 Å². The predicted molar refractivity (Wildman–Crippen MR) is 110 cm³/mol. The maximum atomic E-state index is 14.6. The first-order chi connectivity index (χ1) is 16.0. The van der Waals surface area contributed by atoms with E-state index in [1.165, 1.54) is 0 Å². The molecule has 9 heteroatoms. The van der Waals surface area contributed by atoms with Crippen LogP contribution in [0, 0.1) is 29.1 Å². The number of benzene rings is 3. The monoisotopic (exact) mass is 482 g/mol. The van der Waals surface area contributed by atoms with Gasteiger partial charge in [0.05, 0.1) is 12.7 Å². The second kappa shape index (κ2) is 9.13. The molecule has 0 fully saturated rings. The van der Waals surface area contributed by atoms with Gasteiger partial charge in [-0.25, -0.2) is 22.0 Å². The van der Waals surface area contributed by atoms with Crippen LogP contribution in [0.15, 0.2) is 60.2 Å². The summed E-state index contributed by atoms with van der Waals surface area (Å²) in [4.78, 5) is 0. The lowest BCUT2D eigenvalue weighted by Crippen LogP contribution is -2.25. The van der Waals surface area contributed by atoms with Gasteiger partial charge in [0, 0.05) is 12.1 Å². The molecule has 1 atom stereocenters. The molecule has 3 aromatic rings. The third-order valence-corrected chi connectivity index (χ3v) is 5.34. The molecule has 0 radical (unpaired) electrons. The summed E-state index contributed by atoms with van der Waals surface area (Å²) in [6, 6.07) is 8.27. The second-order valence-electron chi connectivity index (χ2n) is 7.84. The number of ether oxygens (including phenoxy) is 2. The van der Waals surface area contributed by atoms with E-state index in [-0.39, 0.29) is 23.8 Å². The second-order valence-corrected chi connectivity index (χ2v) is 7.84. The van der Waals surface area contributed by atoms with Crippen LogP contribution in [0.2, 0.25) is 0 Å². The molecule has 0 aromatic heterocycles. The Balaban J connectivity index is 1.59. The summed E-state index contributed by atoms with van der Waals surface area (Å²) in [6.07, 6.45) is -2.06. The average molecular weight is 482 g/mol. The Bertz CT molecular complexity index is 1210. The number of halogens is 7. The van der Waals surface area contributed by atoms with E-state index in [9.17, 15) is 30.7 Å². The molecule has 0 bridgehead atoms. The van der Waals surface area contributed by atoms with E-state index in [4.69, 9.17) is 4.74 Å². The van der Waals surface area contributed by atoms with Crippen molar-refractivity contribution < 1.29 is 40.2 Å². The maximum absolute atomic E-state index is 14.6. The summed E-state index contributed by atoms with van der Waals surface area (Å²) in [5.74, 6) is -9.91. The van der Waals surface area contributed by atoms with E-state index in [0.717, 1.165) is 11.1 Å². The summed E-state index contributed by atoms with van der Waals surface area (Å²) in [5.41, 5.74) is 0.566. The molecule has 1 unspecified atom stereocenters. The fraction of sp³-hybridized carbons (Fsp3) is 0.200. The van der Waals surface area contributed by atoms with Crippen molar-refractivity contribution in [1.82, 2.24) is 0 Å². The van der Waals surface area contributed by atoms with E-state index < -0.39 is 46.5 Å². The first kappa shape index (κ1) is 23.8. The number of hydrogen-bond acceptors (Lipinski definition) is 2. The average Bonchev–Trinajstić information content (AvgIpc) is 2.77. The van der Waals surface area contributed by atoms with Gasteiger partial charge in [-0.1, -0.05) is 35.9 Å². The Labute approximate surface area is 190 Å². The molecule has 3 aromatic carbocycles. The molecule has 34 heavy (non-hydrogen) atoms. The van der Waals surface area contributed by atoms with Crippen molar-refractivity contribution in [3.8, 4) is 16.9 Å². The highest BCUT2D eigenvalue weighted by Gasteiger charge is 2.41. The highest BCUT2D eigenvalue weighted by molar-refractivity contribution is 5.64. The third-order valence-electron chi connectivity index (χ3n) is 5.34. The molecule has 1 aliphatic rings. The summed E-state index contributed by atoms with van der Waals surface area (Å²) >= 11 is 0. The van der Waals surface area contributed by atoms with Crippen LogP contribution in [0.5, 0.6) is 5.75 Å². The summed E-state index contributed by atoms with van der Waals surface area (Å²) in [7, 11) is 0. The molecular formula is C25H17F7O2. The molecule has 1 aliphatic heterocycles. The Morgan fingerprint density at radius 3 is 1.94 bits per heavy atom. The standard InChI is InChI=1S/C25H17F7O2/c1-13-2-7-22(33-12-13)15-5-3-14(4-6-15)16-8-18(26)23(19(27)9-16)25(31,32)34-17-10-20(28)24(30)21(29)11-17/h2-6,8-11,22H,7,12H2,1H3. The van der Waals surface area contributed by atoms with Crippen LogP contribution in [0.25, 0.3) is 11.1 Å². The van der Waals surface area contributed by atoms with E-state index in [0.29, 0.717) is 30.7 Å². The van der Waals surface area contributed by atoms with Crippen molar-refractivity contribution in [2.45, 2.75) is 25.6 Å². The first-order valence-corrected chi connectivity index (χ1v) is 10.1. The van der Waals surface area contributed by atoms with Crippen LogP contribution >= 0.6 is 0 Å². The Morgan fingerprint density at radius 1 is 0.824 bits per heavy atom. The van der Waals surface area contributed by atoms with Crippen molar-refractivity contribution in [3.63, 3.8) is 0 Å². The number of alkyl halides is 2. The Morgan fingerprint density at radius 2 is 1.41 bits per heavy atom. The van der Waals surface area contributed by atoms with Crippen LogP contribution in [0.1, 0.15) is 30.6 Å². The molecule has 0 saturated heterocycles. The zero-order chi connectivity index (χ0) is 24.6. The van der Waals surface area contributed by atoms with Gasteiger partial charge in [0.25, 0.3) is 0 Å². The Kier molecular flexibility index (Phi) is 6.40. The molecule has 1 heterocycles. The van der Waals surface area contributed by atoms with Gasteiger partial charge in [-0.05, 0) is 42.2 Å². The van der Waals surface area contributed by atoms with Crippen molar-refractivity contribution in [1.29, 1.82) is 0 Å². The predicted octanol–water partition coefficient (Wildman–Crippen LogP) is 7.59. The molecule has 178 valence electrons. The lowest BCUT2D eigenvalue weighted by molar-refractivity contribution is -0.189. The van der Waals surface area contributed by atoms with Gasteiger partial charge in [-0.3, -0.25) is 0 Å². The zero-order valence-corrected chi connectivity index (χ0v) is 17.6. The molecule has 0 spiro atoms. The lowest BCUT2D eigenvalue weighted by Gasteiger charge is -2.22. The summed E-state index contributed by atoms with van der Waals surface area (Å²) in [6.45, 7) is 2.45. The van der Waals surface area contributed by atoms with Gasteiger partial charge in [0.1, 0.15) is 22.9 Å². The highest BCUT2D eigenvalue weighted by atomic mass is 19.3. The van der Waals surface area contributed by atoms with Crippen LogP contribution in [-0.4, -0.2) is 6.61 Å². The van der Waals surface area contributed by atoms with Gasteiger partial charge in [0.15, 0.2) is 17.5 Å². The van der Waals surface area contributed by atoms with E-state index in [1.807, 2.05) is 6.92 Å². The minimum atomic E-state index is -4.64. The summed E-state index contributed by atoms with van der Waals surface area (Å²) < 4.78 is 108. The topological polar surface area (TPSA) is 18.5 Å². The normalized spacial score (nSPS) is 16.4. The van der Waals surface area contributed by atoms with E-state index in [2.05, 4.69) is 10.8 Å². The fourth-order valence-electron chi connectivity index (χ4n) is 3.60. The summed E-state index contributed by atoms with van der Waals surface area (Å²) in [5, 5.41) is 0. The third kappa shape index (κ3) is 4.79. The minimum absolute atomic E-state index is 0.0136. The van der Waals surface area contributed by atoms with E-state index in [1.54, 1.807) is 24.3 Å². The first-order valence-electron chi connectivity index (χ1n) is 10.1. The van der Waals surface area contributed by atoms with Crippen LogP contribution in [-0.2, 0) is 10.8 Å². The lowest BCUT2D eigenvalue weighted by atomic mass is 9.98. The molecule has 0 aliphatic carbocycles. The van der Waals surface area contributed by atoms with Crippen molar-refractivity contribution in [2.24, 2.45) is 0 Å². The van der Waals surface area contributed by atoms with Gasteiger partial charge < -0.3 is 9.47 Å². The fourth-order valence-corrected chi connectivity index (χ4v) is 3.60. The quantitative estimate of drug-likeness (QED) is 0.212. The SMILES string of the molecule is CC1=CCC(c2ccc(-c3cc(F)c(C(F)(F)Oc4cc(F)c(F)c(F)c4)c(F)c3)cc2)OC1. The van der Waals surface area contributed by atoms with Gasteiger partial charge in [-0.15, -0.1) is 0 Å². The molecule has 0 amide bonds. The molecule has 4 rings (SSSR count). The van der Waals surface area contributed by atoms with Gasteiger partial charge >= 0.3 is 6.11 Å². The largest absolute Gasteiger partial charge is 0.432 e. The number of rotatable bonds is 5. The number of hydrogen-bond donors (Lipinski definition) is 0. The molecule has 0 saturated carbocycles. The van der Waals surface area contributed by atoms with Crippen molar-refractivity contribution in [2.75, 3.05) is 6.61 Å². The smallest absolute Gasteiger partial charge is 0.429 e. The van der Waals surface area contributed by atoms with Crippen LogP contribution < -0.4 is 4.74 Å². The van der Waals surface area contributed by atoms with Crippen molar-refractivity contribution in [3.05, 3.63) is 100 Å². The molecular weight excluding hydrogens is 465 g/mol. The van der Waals surface area contributed by atoms with Crippen LogP contribution in [0.3, 0.4) is 0 Å². The minimum Gasteiger partial charge on any atom is -0.429 e. The maximum Gasteiger partial charge on any atom is 0.432 e. The Hall–Kier alpha value is -3.33. The molecule has 2 nitrogen and oxygen atoms in total. The highest BCUT2D eigenvalue weighted by Crippen LogP contribution is 2.38. The van der Waals surface area contributed by atoms with Crippen molar-refractivity contribution >= 4 is 0 Å². The zero-order valence-electron chi connectivity index (χ0n) is 17.6. The van der Waals surface area contributed by atoms with Crippen LogP contribution in [0.4, 0.5) is 30.7 Å². The van der Waals surface area contributed by atoms with E-state index >= 15 is 0 Å².